The number of aliphatic carboxylic acids is 1. The second-order valence-electron chi connectivity index (χ2n) is 8.97. The molecule has 0 aromatic heterocycles. The van der Waals surface area contributed by atoms with Crippen molar-refractivity contribution < 1.29 is 29.0 Å². The van der Waals surface area contributed by atoms with Gasteiger partial charge in [0.2, 0.25) is 0 Å². The number of amides is 1. The lowest BCUT2D eigenvalue weighted by Crippen LogP contribution is -2.65. The predicted molar refractivity (Wildman–Crippen MR) is 120 cm³/mol. The lowest BCUT2D eigenvalue weighted by molar-refractivity contribution is -0.158. The zero-order valence-electron chi connectivity index (χ0n) is 17.4. The standard InChI is InChI=1S/C19H24Cl3N3O6S/c1-18(2)13(16(27)28)25-14(26)12(15(25)32-18)23-8-24-9-3-4-10(24)6-11(5-9)30-17(29)31-19(21,22)7-20/h8-13,15H,3-7H2,1-2H3,(H,27,28)/t9-,10+,11?,12-,13+,15-/m1/s1. The number of piperidine rings is 1. The van der Waals surface area contributed by atoms with Crippen LogP contribution >= 0.6 is 46.6 Å². The maximum absolute atomic E-state index is 12.6. The second-order valence-corrected chi connectivity index (χ2v) is 12.4. The topological polar surface area (TPSA) is 109 Å². The molecule has 4 heterocycles. The fraction of sp³-hybridized carbons (Fsp3) is 0.789. The predicted octanol–water partition coefficient (Wildman–Crippen LogP) is 3.05. The Morgan fingerprint density at radius 3 is 2.50 bits per heavy atom. The number of carboxylic acid groups (broad SMARTS) is 1. The third-order valence-corrected chi connectivity index (χ3v) is 9.03. The van der Waals surface area contributed by atoms with Crippen molar-refractivity contribution in [3.05, 3.63) is 0 Å². The fourth-order valence-corrected chi connectivity index (χ4v) is 6.84. The van der Waals surface area contributed by atoms with Crippen LogP contribution in [0, 0.1) is 0 Å². The minimum absolute atomic E-state index is 0.116. The van der Waals surface area contributed by atoms with Crippen molar-refractivity contribution in [2.24, 2.45) is 4.99 Å². The van der Waals surface area contributed by atoms with Crippen LogP contribution < -0.4 is 0 Å². The van der Waals surface area contributed by atoms with Gasteiger partial charge in [0, 0.05) is 29.7 Å². The Labute approximate surface area is 204 Å². The monoisotopic (exact) mass is 527 g/mol. The summed E-state index contributed by atoms with van der Waals surface area (Å²) < 4.78 is 7.77. The highest BCUT2D eigenvalue weighted by molar-refractivity contribution is 8.01. The molecule has 4 fully saturated rings. The average Bonchev–Trinajstić information content (AvgIpc) is 3.08. The molecule has 9 nitrogen and oxygen atoms in total. The molecule has 2 bridgehead atoms. The van der Waals surface area contributed by atoms with E-state index in [1.807, 2.05) is 13.8 Å². The number of carbonyl (C=O) groups is 3. The van der Waals surface area contributed by atoms with Gasteiger partial charge in [-0.05, 0) is 26.7 Å². The number of alkyl halides is 3. The summed E-state index contributed by atoms with van der Waals surface area (Å²) in [6.45, 7) is 3.68. The Kier molecular flexibility index (Phi) is 6.46. The highest BCUT2D eigenvalue weighted by atomic mass is 35.5. The molecule has 4 aliphatic heterocycles. The van der Waals surface area contributed by atoms with E-state index < -0.39 is 33.5 Å². The van der Waals surface area contributed by atoms with E-state index in [1.54, 1.807) is 6.34 Å². The number of carboxylic acids is 1. The minimum Gasteiger partial charge on any atom is -0.480 e. The van der Waals surface area contributed by atoms with E-state index in [4.69, 9.17) is 44.3 Å². The normalized spacial score (nSPS) is 35.6. The summed E-state index contributed by atoms with van der Waals surface area (Å²) >= 11 is 18.5. The van der Waals surface area contributed by atoms with Crippen LogP contribution in [0.15, 0.2) is 4.99 Å². The van der Waals surface area contributed by atoms with Crippen molar-refractivity contribution in [1.82, 2.24) is 9.80 Å². The Hall–Kier alpha value is -1.10. The molecule has 0 aliphatic carbocycles. The Morgan fingerprint density at radius 2 is 1.94 bits per heavy atom. The number of fused-ring (bicyclic) bond motifs is 3. The average molecular weight is 529 g/mol. The zero-order valence-corrected chi connectivity index (χ0v) is 20.5. The zero-order chi connectivity index (χ0) is 23.4. The quantitative estimate of drug-likeness (QED) is 0.184. The van der Waals surface area contributed by atoms with Crippen LogP contribution in [0.3, 0.4) is 0 Å². The smallest absolute Gasteiger partial charge is 0.480 e. The molecule has 4 saturated heterocycles. The molecule has 0 saturated carbocycles. The van der Waals surface area contributed by atoms with Gasteiger partial charge in [-0.3, -0.25) is 9.79 Å². The largest absolute Gasteiger partial charge is 0.511 e. The minimum atomic E-state index is -1.83. The van der Waals surface area contributed by atoms with Gasteiger partial charge in [-0.25, -0.2) is 9.59 Å². The van der Waals surface area contributed by atoms with Crippen LogP contribution in [0.5, 0.6) is 0 Å². The molecule has 13 heteroatoms. The molecule has 1 amide bonds. The highest BCUT2D eigenvalue weighted by Gasteiger charge is 2.64. The molecule has 4 aliphatic rings. The van der Waals surface area contributed by atoms with Crippen LogP contribution in [0.1, 0.15) is 39.5 Å². The number of carbonyl (C=O) groups excluding carboxylic acids is 2. The van der Waals surface area contributed by atoms with Gasteiger partial charge in [0.25, 0.3) is 10.4 Å². The number of hydrogen-bond acceptors (Lipinski definition) is 7. The van der Waals surface area contributed by atoms with Crippen LogP contribution in [-0.2, 0) is 19.1 Å². The first-order valence-corrected chi connectivity index (χ1v) is 12.5. The summed E-state index contributed by atoms with van der Waals surface area (Å²) in [6.07, 6.45) is 3.43. The SMILES string of the molecule is CC1(C)S[C@@H]2[C@H](N=CN3[C@@H]4CC[C@H]3CC(OC(=O)OC(Cl)(Cl)CCl)C4)C(=O)N2[C@H]1C(=O)O. The molecule has 0 aromatic rings. The summed E-state index contributed by atoms with van der Waals surface area (Å²) in [5, 5.41) is 9.26. The van der Waals surface area contributed by atoms with Crippen molar-refractivity contribution >= 4 is 70.9 Å². The first-order valence-electron chi connectivity index (χ1n) is 10.3. The van der Waals surface area contributed by atoms with Crippen molar-refractivity contribution in [3.63, 3.8) is 0 Å². The van der Waals surface area contributed by atoms with E-state index in [9.17, 15) is 19.5 Å². The van der Waals surface area contributed by atoms with Gasteiger partial charge in [0.15, 0.2) is 6.04 Å². The lowest BCUT2D eigenvalue weighted by atomic mass is 9.96. The van der Waals surface area contributed by atoms with Gasteiger partial charge < -0.3 is 24.4 Å². The molecule has 0 aromatic carbocycles. The number of thioether (sulfide) groups is 1. The van der Waals surface area contributed by atoms with E-state index in [2.05, 4.69) is 9.89 Å². The first-order chi connectivity index (χ1) is 14.9. The highest BCUT2D eigenvalue weighted by Crippen LogP contribution is 2.51. The third kappa shape index (κ3) is 4.35. The molecule has 1 N–H and O–H groups in total. The molecule has 1 unspecified atom stereocenters. The summed E-state index contributed by atoms with van der Waals surface area (Å²) in [5.74, 6) is -1.53. The van der Waals surface area contributed by atoms with E-state index >= 15 is 0 Å². The summed E-state index contributed by atoms with van der Waals surface area (Å²) in [4.78, 5) is 44.3. The maximum atomic E-state index is 12.6. The van der Waals surface area contributed by atoms with E-state index in [0.717, 1.165) is 12.8 Å². The first kappa shape index (κ1) is 24.0. The molecular weight excluding hydrogens is 505 g/mol. The van der Waals surface area contributed by atoms with E-state index in [1.165, 1.54) is 16.7 Å². The number of hydrogen-bond donors (Lipinski definition) is 1. The van der Waals surface area contributed by atoms with Crippen molar-refractivity contribution in [2.75, 3.05) is 5.88 Å². The van der Waals surface area contributed by atoms with Gasteiger partial charge in [-0.1, -0.05) is 23.2 Å². The van der Waals surface area contributed by atoms with Gasteiger partial charge in [0.05, 0.1) is 12.2 Å². The summed E-state index contributed by atoms with van der Waals surface area (Å²) in [7, 11) is 0. The molecule has 178 valence electrons. The Balaban J connectivity index is 1.35. The third-order valence-electron chi connectivity index (χ3n) is 6.40. The second kappa shape index (κ2) is 8.60. The molecule has 0 spiro atoms. The molecule has 0 radical (unpaired) electrons. The van der Waals surface area contributed by atoms with Crippen molar-refractivity contribution in [3.8, 4) is 0 Å². The van der Waals surface area contributed by atoms with Crippen LogP contribution in [0.2, 0.25) is 0 Å². The molecule has 6 atom stereocenters. The maximum Gasteiger partial charge on any atom is 0.511 e. The fourth-order valence-electron chi connectivity index (χ4n) is 5.04. The number of rotatable bonds is 6. The lowest BCUT2D eigenvalue weighted by Gasteiger charge is -2.42. The van der Waals surface area contributed by atoms with Crippen LogP contribution in [0.25, 0.3) is 0 Å². The van der Waals surface area contributed by atoms with E-state index in [-0.39, 0.29) is 35.3 Å². The van der Waals surface area contributed by atoms with Crippen LogP contribution in [-0.4, -0.2) is 90.1 Å². The van der Waals surface area contributed by atoms with Crippen molar-refractivity contribution in [1.29, 1.82) is 0 Å². The van der Waals surface area contributed by atoms with Crippen molar-refractivity contribution in [2.45, 2.75) is 84.4 Å². The number of aliphatic imine (C=N–C) groups is 1. The molecular formula is C19H24Cl3N3O6S. The Morgan fingerprint density at radius 1 is 1.31 bits per heavy atom. The molecule has 32 heavy (non-hydrogen) atoms. The summed E-state index contributed by atoms with van der Waals surface area (Å²) in [5.41, 5.74) is 0. The van der Waals surface area contributed by atoms with Gasteiger partial charge >= 0.3 is 12.1 Å². The number of nitrogens with zero attached hydrogens (tertiary/aromatic N) is 3. The Bertz CT molecular complexity index is 829. The van der Waals surface area contributed by atoms with E-state index in [0.29, 0.717) is 12.8 Å². The number of β-lactam (4-membered cyclic amide) rings is 1. The van der Waals surface area contributed by atoms with Gasteiger partial charge in [-0.15, -0.1) is 23.4 Å². The number of ether oxygens (including phenoxy) is 2. The number of halogens is 3. The molecule has 4 rings (SSSR count). The van der Waals surface area contributed by atoms with Crippen LogP contribution in [0.4, 0.5) is 4.79 Å². The summed E-state index contributed by atoms with van der Waals surface area (Å²) in [6, 6.07) is -1.20. The van der Waals surface area contributed by atoms with Gasteiger partial charge in [-0.2, -0.15) is 0 Å². The van der Waals surface area contributed by atoms with Gasteiger partial charge in [0.1, 0.15) is 17.5 Å².